The fraction of sp³-hybridized carbons (Fsp3) is 0.333. The molecule has 1 heterocycles. The fourth-order valence-corrected chi connectivity index (χ4v) is 1.72. The van der Waals surface area contributed by atoms with Gasteiger partial charge in [-0.15, -0.1) is 0 Å². The minimum Gasteiger partial charge on any atom is -0.339 e. The molecule has 0 aliphatic carbocycles. The molecule has 1 N–H and O–H groups in total. The van der Waals surface area contributed by atoms with Crippen LogP contribution >= 0.6 is 0 Å². The normalized spacial score (nSPS) is 20.0. The van der Waals surface area contributed by atoms with Crippen LogP contribution in [-0.4, -0.2) is 24.7 Å². The summed E-state index contributed by atoms with van der Waals surface area (Å²) in [6.07, 6.45) is 0.502. The van der Waals surface area contributed by atoms with Crippen molar-refractivity contribution in [3.63, 3.8) is 0 Å². The quantitative estimate of drug-likeness (QED) is 0.759. The van der Waals surface area contributed by atoms with Gasteiger partial charge in [0.2, 0.25) is 0 Å². The number of benzene rings is 1. The summed E-state index contributed by atoms with van der Waals surface area (Å²) in [5, 5.41) is 4.07. The Balaban J connectivity index is 2.27. The van der Waals surface area contributed by atoms with E-state index in [0.29, 0.717) is 6.54 Å². The summed E-state index contributed by atoms with van der Waals surface area (Å²) in [7, 11) is 0. The highest BCUT2D eigenvalue weighted by atomic mass is 16.1. The number of hydrazone groups is 1. The van der Waals surface area contributed by atoms with Crippen LogP contribution in [0, 0.1) is 6.92 Å². The first-order valence-electron chi connectivity index (χ1n) is 5.28. The van der Waals surface area contributed by atoms with Crippen molar-refractivity contribution in [3.8, 4) is 0 Å². The molecule has 0 aromatic heterocycles. The van der Waals surface area contributed by atoms with Gasteiger partial charge in [-0.05, 0) is 26.0 Å². The van der Waals surface area contributed by atoms with Gasteiger partial charge in [0.05, 0.1) is 12.3 Å². The lowest BCUT2D eigenvalue weighted by atomic mass is 10.2. The van der Waals surface area contributed by atoms with Crippen LogP contribution in [0.5, 0.6) is 0 Å². The Kier molecular flexibility index (Phi) is 2.90. The Hall–Kier alpha value is -1.84. The highest BCUT2D eigenvalue weighted by molar-refractivity contribution is 5.89. The molecule has 0 bridgehead atoms. The van der Waals surface area contributed by atoms with E-state index in [1.165, 1.54) is 5.56 Å². The predicted molar refractivity (Wildman–Crippen MR) is 64.6 cm³/mol. The Morgan fingerprint density at radius 3 is 2.69 bits per heavy atom. The van der Waals surface area contributed by atoms with E-state index in [4.69, 9.17) is 0 Å². The average Bonchev–Trinajstić information content (AvgIpc) is 2.30. The molecule has 16 heavy (non-hydrogen) atoms. The molecule has 0 amide bonds. The number of carbonyl (C=O) groups excluding carboxylic acids is 1. The van der Waals surface area contributed by atoms with E-state index in [2.05, 4.69) is 10.5 Å². The molecule has 1 aliphatic heterocycles. The first-order valence-corrected chi connectivity index (χ1v) is 5.28. The molecule has 1 unspecified atom stereocenters. The summed E-state index contributed by atoms with van der Waals surface area (Å²) < 4.78 is 0. The lowest BCUT2D eigenvalue weighted by molar-refractivity contribution is -0.109. The largest absolute Gasteiger partial charge is 0.339 e. The second-order valence-electron chi connectivity index (χ2n) is 4.02. The second-order valence-corrected chi connectivity index (χ2v) is 4.02. The second kappa shape index (κ2) is 4.35. The average molecular weight is 217 g/mol. The number of carbonyl (C=O) groups is 1. The van der Waals surface area contributed by atoms with E-state index in [0.717, 1.165) is 17.7 Å². The number of aryl methyl sites for hydroxylation is 1. The number of hydrogen-bond acceptors (Lipinski definition) is 4. The van der Waals surface area contributed by atoms with E-state index in [-0.39, 0.29) is 6.17 Å². The minimum atomic E-state index is -0.369. The molecule has 4 heteroatoms. The van der Waals surface area contributed by atoms with Gasteiger partial charge in [0.1, 0.15) is 0 Å². The summed E-state index contributed by atoms with van der Waals surface area (Å²) in [6, 6.07) is 8.12. The summed E-state index contributed by atoms with van der Waals surface area (Å²) in [6.45, 7) is 4.66. The number of hydrogen-bond donors (Lipinski definition) is 1. The standard InChI is InChI=1S/C12H15N3O/c1-9-3-5-11(6-4-9)15-7-10(2)13-14-12(15)8-16/h3-6,8,12,14H,7H2,1-2H3. The summed E-state index contributed by atoms with van der Waals surface area (Å²) in [5.41, 5.74) is 6.04. The van der Waals surface area contributed by atoms with E-state index in [1.54, 1.807) is 0 Å². The van der Waals surface area contributed by atoms with Gasteiger partial charge in [0.15, 0.2) is 12.5 Å². The van der Waals surface area contributed by atoms with Crippen molar-refractivity contribution in [3.05, 3.63) is 29.8 Å². The van der Waals surface area contributed by atoms with E-state index in [1.807, 2.05) is 43.0 Å². The van der Waals surface area contributed by atoms with E-state index >= 15 is 0 Å². The zero-order chi connectivity index (χ0) is 11.5. The van der Waals surface area contributed by atoms with Gasteiger partial charge < -0.3 is 4.90 Å². The van der Waals surface area contributed by atoms with Crippen LogP contribution in [0.4, 0.5) is 5.69 Å². The monoisotopic (exact) mass is 217 g/mol. The van der Waals surface area contributed by atoms with Crippen LogP contribution in [0.15, 0.2) is 29.4 Å². The number of aldehydes is 1. The molecule has 0 fully saturated rings. The number of nitrogens with zero attached hydrogens (tertiary/aromatic N) is 2. The van der Waals surface area contributed by atoms with Gasteiger partial charge >= 0.3 is 0 Å². The van der Waals surface area contributed by atoms with Crippen LogP contribution in [0.1, 0.15) is 12.5 Å². The fourth-order valence-electron chi connectivity index (χ4n) is 1.72. The van der Waals surface area contributed by atoms with Gasteiger partial charge in [-0.1, -0.05) is 17.7 Å². The van der Waals surface area contributed by atoms with Gasteiger partial charge in [-0.3, -0.25) is 10.2 Å². The van der Waals surface area contributed by atoms with Crippen molar-refractivity contribution in [2.45, 2.75) is 20.0 Å². The lowest BCUT2D eigenvalue weighted by Gasteiger charge is -2.33. The van der Waals surface area contributed by atoms with Crippen molar-refractivity contribution in [2.24, 2.45) is 5.10 Å². The smallest absolute Gasteiger partial charge is 0.172 e. The van der Waals surface area contributed by atoms with Crippen molar-refractivity contribution in [2.75, 3.05) is 11.4 Å². The molecule has 1 aliphatic rings. The maximum atomic E-state index is 10.9. The minimum absolute atomic E-state index is 0.369. The zero-order valence-corrected chi connectivity index (χ0v) is 9.47. The third kappa shape index (κ3) is 2.05. The lowest BCUT2D eigenvalue weighted by Crippen LogP contribution is -2.51. The molecule has 1 aromatic rings. The highest BCUT2D eigenvalue weighted by Gasteiger charge is 2.21. The Labute approximate surface area is 95.0 Å². The van der Waals surface area contributed by atoms with Crippen molar-refractivity contribution >= 4 is 17.7 Å². The third-order valence-electron chi connectivity index (χ3n) is 2.62. The molecular weight excluding hydrogens is 202 g/mol. The zero-order valence-electron chi connectivity index (χ0n) is 9.47. The molecule has 0 saturated carbocycles. The molecule has 0 radical (unpaired) electrons. The van der Waals surface area contributed by atoms with Gasteiger partial charge in [0, 0.05) is 5.69 Å². The molecular formula is C12H15N3O. The first-order chi connectivity index (χ1) is 7.70. The van der Waals surface area contributed by atoms with Crippen molar-refractivity contribution < 1.29 is 4.79 Å². The SMILES string of the molecule is CC1=NNC(C=O)N(c2ccc(C)cc2)C1. The van der Waals surface area contributed by atoms with Crippen LogP contribution in [-0.2, 0) is 4.79 Å². The topological polar surface area (TPSA) is 44.7 Å². The Morgan fingerprint density at radius 2 is 2.06 bits per heavy atom. The molecule has 0 saturated heterocycles. The van der Waals surface area contributed by atoms with Crippen LogP contribution < -0.4 is 10.3 Å². The van der Waals surface area contributed by atoms with Crippen LogP contribution in [0.25, 0.3) is 0 Å². The number of nitrogens with one attached hydrogen (secondary N) is 1. The summed E-state index contributed by atoms with van der Waals surface area (Å²) in [4.78, 5) is 12.9. The maximum absolute atomic E-state index is 10.9. The van der Waals surface area contributed by atoms with Gasteiger partial charge in [0.25, 0.3) is 0 Å². The highest BCUT2D eigenvalue weighted by Crippen LogP contribution is 2.18. The molecule has 2 rings (SSSR count). The summed E-state index contributed by atoms with van der Waals surface area (Å²) >= 11 is 0. The number of rotatable bonds is 2. The first kappa shape index (κ1) is 10.7. The van der Waals surface area contributed by atoms with Gasteiger partial charge in [-0.25, -0.2) is 0 Å². The molecule has 4 nitrogen and oxygen atoms in total. The van der Waals surface area contributed by atoms with E-state index < -0.39 is 0 Å². The predicted octanol–water partition coefficient (Wildman–Crippen LogP) is 1.31. The number of anilines is 1. The van der Waals surface area contributed by atoms with E-state index in [9.17, 15) is 4.79 Å². The molecule has 1 atom stereocenters. The Morgan fingerprint density at radius 1 is 1.38 bits per heavy atom. The Bertz CT molecular complexity index is 411. The van der Waals surface area contributed by atoms with Gasteiger partial charge in [-0.2, -0.15) is 5.10 Å². The summed E-state index contributed by atoms with van der Waals surface area (Å²) in [5.74, 6) is 0. The maximum Gasteiger partial charge on any atom is 0.172 e. The van der Waals surface area contributed by atoms with Crippen molar-refractivity contribution in [1.29, 1.82) is 0 Å². The molecule has 0 spiro atoms. The third-order valence-corrected chi connectivity index (χ3v) is 2.62. The molecule has 84 valence electrons. The van der Waals surface area contributed by atoms with Crippen molar-refractivity contribution in [1.82, 2.24) is 5.43 Å². The molecule has 1 aromatic carbocycles. The van der Waals surface area contributed by atoms with Crippen LogP contribution in [0.2, 0.25) is 0 Å². The van der Waals surface area contributed by atoms with Crippen LogP contribution in [0.3, 0.4) is 0 Å².